The second kappa shape index (κ2) is 6.27. The van der Waals surface area contributed by atoms with E-state index < -0.39 is 0 Å². The third-order valence-electron chi connectivity index (χ3n) is 4.04. The van der Waals surface area contributed by atoms with Crippen LogP contribution in [-0.4, -0.2) is 43.7 Å². The minimum atomic E-state index is 0.0323. The molecule has 1 aromatic carbocycles. The molecule has 0 N–H and O–H groups in total. The highest BCUT2D eigenvalue weighted by atomic mass is 16.5. The number of benzene rings is 1. The predicted octanol–water partition coefficient (Wildman–Crippen LogP) is 2.24. The van der Waals surface area contributed by atoms with Gasteiger partial charge in [-0.15, -0.1) is 0 Å². The number of likely N-dealkylation sites (tertiary alicyclic amines) is 1. The molecular formula is C16H23NO3. The van der Waals surface area contributed by atoms with Crippen molar-refractivity contribution in [3.63, 3.8) is 0 Å². The van der Waals surface area contributed by atoms with Crippen LogP contribution in [0.25, 0.3) is 0 Å². The number of methoxy groups -OCH3 is 1. The highest BCUT2D eigenvalue weighted by Gasteiger charge is 2.26. The van der Waals surface area contributed by atoms with E-state index in [9.17, 15) is 4.79 Å². The first-order chi connectivity index (χ1) is 9.52. The highest BCUT2D eigenvalue weighted by molar-refractivity contribution is 5.78. The maximum atomic E-state index is 12.1. The minimum absolute atomic E-state index is 0.0323. The summed E-state index contributed by atoms with van der Waals surface area (Å²) in [4.78, 5) is 13.9. The fourth-order valence-electron chi connectivity index (χ4n) is 2.52. The predicted molar refractivity (Wildman–Crippen MR) is 78.1 cm³/mol. The lowest BCUT2D eigenvalue weighted by molar-refractivity contribution is -0.132. The van der Waals surface area contributed by atoms with Crippen molar-refractivity contribution in [2.24, 2.45) is 0 Å². The van der Waals surface area contributed by atoms with Crippen LogP contribution >= 0.6 is 0 Å². The van der Waals surface area contributed by atoms with Crippen molar-refractivity contribution in [3.05, 3.63) is 28.8 Å². The van der Waals surface area contributed by atoms with Crippen LogP contribution in [0.1, 0.15) is 23.1 Å². The second-order valence-electron chi connectivity index (χ2n) is 5.43. The summed E-state index contributed by atoms with van der Waals surface area (Å²) < 4.78 is 11.0. The number of aryl methyl sites for hydroxylation is 2. The number of carbonyl (C=O) groups is 1. The molecule has 1 aromatic rings. The molecule has 0 aliphatic carbocycles. The van der Waals surface area contributed by atoms with Gasteiger partial charge in [0, 0.05) is 20.2 Å². The Morgan fingerprint density at radius 2 is 2.00 bits per heavy atom. The van der Waals surface area contributed by atoms with Crippen LogP contribution in [0.15, 0.2) is 12.1 Å². The van der Waals surface area contributed by atoms with E-state index in [-0.39, 0.29) is 18.6 Å². The van der Waals surface area contributed by atoms with Crippen LogP contribution in [-0.2, 0) is 9.53 Å². The summed E-state index contributed by atoms with van der Waals surface area (Å²) in [6.07, 6.45) is 1.08. The number of ether oxygens (including phenoxy) is 2. The third-order valence-corrected chi connectivity index (χ3v) is 4.04. The zero-order valence-corrected chi connectivity index (χ0v) is 12.7. The van der Waals surface area contributed by atoms with E-state index in [1.807, 2.05) is 31.7 Å². The summed E-state index contributed by atoms with van der Waals surface area (Å²) in [7, 11) is 1.69. The Bertz CT molecular complexity index is 499. The van der Waals surface area contributed by atoms with Crippen molar-refractivity contribution in [2.75, 3.05) is 26.8 Å². The van der Waals surface area contributed by atoms with Gasteiger partial charge in [0.2, 0.25) is 0 Å². The monoisotopic (exact) mass is 277 g/mol. The molecule has 0 aromatic heterocycles. The lowest BCUT2D eigenvalue weighted by Gasteiger charge is -2.18. The van der Waals surface area contributed by atoms with Crippen molar-refractivity contribution in [3.8, 4) is 5.75 Å². The van der Waals surface area contributed by atoms with Crippen LogP contribution in [0.5, 0.6) is 5.75 Å². The van der Waals surface area contributed by atoms with E-state index in [4.69, 9.17) is 9.47 Å². The molecule has 1 unspecified atom stereocenters. The highest BCUT2D eigenvalue weighted by Crippen LogP contribution is 2.25. The van der Waals surface area contributed by atoms with Crippen molar-refractivity contribution in [1.82, 2.24) is 4.90 Å². The average molecular weight is 277 g/mol. The molecule has 110 valence electrons. The third kappa shape index (κ3) is 3.12. The number of hydrogen-bond donors (Lipinski definition) is 0. The van der Waals surface area contributed by atoms with Crippen LogP contribution in [0.3, 0.4) is 0 Å². The molecule has 0 bridgehead atoms. The van der Waals surface area contributed by atoms with Gasteiger partial charge in [-0.25, -0.2) is 0 Å². The zero-order valence-electron chi connectivity index (χ0n) is 12.7. The SMILES string of the molecule is COC1CCN(C(=O)COc2c(C)ccc(C)c2C)C1. The van der Waals surface area contributed by atoms with Crippen LogP contribution in [0, 0.1) is 20.8 Å². The number of hydrogen-bond acceptors (Lipinski definition) is 3. The van der Waals surface area contributed by atoms with Crippen LogP contribution in [0.4, 0.5) is 0 Å². The standard InChI is InChI=1S/C16H23NO3/c1-11-5-6-12(2)16(13(11)3)20-10-15(18)17-8-7-14(9-17)19-4/h5-6,14H,7-10H2,1-4H3. The quantitative estimate of drug-likeness (QED) is 0.847. The summed E-state index contributed by atoms with van der Waals surface area (Å²) in [5, 5.41) is 0. The fourth-order valence-corrected chi connectivity index (χ4v) is 2.52. The summed E-state index contributed by atoms with van der Waals surface area (Å²) in [6.45, 7) is 7.60. The van der Waals surface area contributed by atoms with Gasteiger partial charge in [-0.1, -0.05) is 12.1 Å². The van der Waals surface area contributed by atoms with E-state index in [0.717, 1.165) is 29.8 Å². The van der Waals surface area contributed by atoms with Gasteiger partial charge in [-0.2, -0.15) is 0 Å². The first-order valence-electron chi connectivity index (χ1n) is 7.03. The lowest BCUT2D eigenvalue weighted by atomic mass is 10.1. The van der Waals surface area contributed by atoms with Gasteiger partial charge in [0.05, 0.1) is 6.10 Å². The first kappa shape index (κ1) is 14.9. The molecule has 0 saturated carbocycles. The van der Waals surface area contributed by atoms with Gasteiger partial charge >= 0.3 is 0 Å². The van der Waals surface area contributed by atoms with E-state index in [2.05, 4.69) is 6.07 Å². The topological polar surface area (TPSA) is 38.8 Å². The average Bonchev–Trinajstić information content (AvgIpc) is 2.92. The maximum Gasteiger partial charge on any atom is 0.260 e. The summed E-state index contributed by atoms with van der Waals surface area (Å²) >= 11 is 0. The molecular weight excluding hydrogens is 254 g/mol. The Balaban J connectivity index is 1.96. The molecule has 0 spiro atoms. The Kier molecular flexibility index (Phi) is 4.65. The number of carbonyl (C=O) groups excluding carboxylic acids is 1. The molecule has 1 aliphatic heterocycles. The van der Waals surface area contributed by atoms with Gasteiger partial charge in [0.1, 0.15) is 5.75 Å². The molecule has 0 radical (unpaired) electrons. The molecule has 4 heteroatoms. The van der Waals surface area contributed by atoms with E-state index in [0.29, 0.717) is 6.54 Å². The minimum Gasteiger partial charge on any atom is -0.483 e. The molecule has 1 saturated heterocycles. The molecule has 1 heterocycles. The van der Waals surface area contributed by atoms with E-state index in [1.165, 1.54) is 5.56 Å². The largest absolute Gasteiger partial charge is 0.483 e. The summed E-state index contributed by atoms with van der Waals surface area (Å²) in [6, 6.07) is 4.10. The smallest absolute Gasteiger partial charge is 0.260 e. The van der Waals surface area contributed by atoms with Crippen molar-refractivity contribution in [2.45, 2.75) is 33.3 Å². The summed E-state index contributed by atoms with van der Waals surface area (Å²) in [5.74, 6) is 0.866. The second-order valence-corrected chi connectivity index (χ2v) is 5.43. The van der Waals surface area contributed by atoms with Crippen molar-refractivity contribution >= 4 is 5.91 Å². The molecule has 1 amide bonds. The maximum absolute atomic E-state index is 12.1. The Morgan fingerprint density at radius 1 is 1.30 bits per heavy atom. The van der Waals surface area contributed by atoms with Crippen molar-refractivity contribution in [1.29, 1.82) is 0 Å². The Hall–Kier alpha value is -1.55. The fraction of sp³-hybridized carbons (Fsp3) is 0.562. The molecule has 4 nitrogen and oxygen atoms in total. The van der Waals surface area contributed by atoms with Crippen molar-refractivity contribution < 1.29 is 14.3 Å². The number of nitrogens with zero attached hydrogens (tertiary/aromatic N) is 1. The molecule has 2 rings (SSSR count). The van der Waals surface area contributed by atoms with Crippen LogP contribution in [0.2, 0.25) is 0 Å². The van der Waals surface area contributed by atoms with Crippen LogP contribution < -0.4 is 4.74 Å². The molecule has 1 fully saturated rings. The normalized spacial score (nSPS) is 18.4. The lowest BCUT2D eigenvalue weighted by Crippen LogP contribution is -2.34. The zero-order chi connectivity index (χ0) is 14.7. The molecule has 20 heavy (non-hydrogen) atoms. The van der Waals surface area contributed by atoms with Gasteiger partial charge in [0.15, 0.2) is 6.61 Å². The molecule has 1 atom stereocenters. The van der Waals surface area contributed by atoms with Gasteiger partial charge in [0.25, 0.3) is 5.91 Å². The van der Waals surface area contributed by atoms with E-state index in [1.54, 1.807) is 7.11 Å². The molecule has 1 aliphatic rings. The number of rotatable bonds is 4. The number of amides is 1. The first-order valence-corrected chi connectivity index (χ1v) is 7.03. The Labute approximate surface area is 120 Å². The Morgan fingerprint density at radius 3 is 2.65 bits per heavy atom. The van der Waals surface area contributed by atoms with Gasteiger partial charge < -0.3 is 14.4 Å². The van der Waals surface area contributed by atoms with Gasteiger partial charge in [-0.3, -0.25) is 4.79 Å². The summed E-state index contributed by atoms with van der Waals surface area (Å²) in [5.41, 5.74) is 3.35. The van der Waals surface area contributed by atoms with E-state index >= 15 is 0 Å². The van der Waals surface area contributed by atoms with Gasteiger partial charge in [-0.05, 0) is 43.9 Å².